The summed E-state index contributed by atoms with van der Waals surface area (Å²) < 4.78 is 1.37. The molecule has 1 spiro atoms. The lowest BCUT2D eigenvalue weighted by atomic mass is 9.56. The normalized spacial score (nSPS) is 24.0. The summed E-state index contributed by atoms with van der Waals surface area (Å²) in [4.78, 5) is 4.30. The molecule has 6 aliphatic rings. The summed E-state index contributed by atoms with van der Waals surface area (Å²) in [5.41, 5.74) is 25.2. The van der Waals surface area contributed by atoms with Crippen molar-refractivity contribution in [2.75, 3.05) is 4.90 Å². The Morgan fingerprint density at radius 3 is 1.53 bits per heavy atom. The van der Waals surface area contributed by atoms with Crippen molar-refractivity contribution in [2.24, 2.45) is 11.8 Å². The highest BCUT2D eigenvalue weighted by atomic mass is 32.1. The van der Waals surface area contributed by atoms with E-state index in [1.165, 1.54) is 98.7 Å². The average Bonchev–Trinajstić information content (AvgIpc) is 4.08. The maximum Gasteiger partial charge on any atom is 0.0990 e. The second-order valence-corrected chi connectivity index (χ2v) is 21.0. The molecule has 0 saturated carbocycles. The van der Waals surface area contributed by atoms with Crippen LogP contribution in [0.2, 0.25) is 0 Å². The van der Waals surface area contributed by atoms with Crippen molar-refractivity contribution in [3.05, 3.63) is 266 Å². The number of rotatable bonds is 3. The quantitative estimate of drug-likeness (QED) is 0.160. The van der Waals surface area contributed by atoms with E-state index in [1.54, 1.807) is 22.3 Å². The molecule has 1 aliphatic heterocycles. The van der Waals surface area contributed by atoms with Gasteiger partial charge in [-0.1, -0.05) is 190 Å². The number of thiophene rings is 1. The smallest absolute Gasteiger partial charge is 0.0990 e. The Morgan fingerprint density at radius 2 is 0.909 bits per heavy atom. The van der Waals surface area contributed by atoms with Crippen molar-refractivity contribution in [1.29, 1.82) is 0 Å². The Morgan fingerprint density at radius 1 is 0.424 bits per heavy atom. The van der Waals surface area contributed by atoms with Gasteiger partial charge in [0.05, 0.1) is 16.4 Å². The van der Waals surface area contributed by atoms with Crippen LogP contribution in [0.4, 0.5) is 11.4 Å². The van der Waals surface area contributed by atoms with Gasteiger partial charge < -0.3 is 4.90 Å². The molecule has 8 aromatic carbocycles. The van der Waals surface area contributed by atoms with Crippen LogP contribution in [-0.2, 0) is 16.4 Å². The molecule has 5 atom stereocenters. The Balaban J connectivity index is 1.11. The molecule has 1 aromatic heterocycles. The lowest BCUT2D eigenvalue weighted by Gasteiger charge is -2.53. The molecule has 0 radical (unpaired) electrons. The molecule has 9 aromatic rings. The van der Waals surface area contributed by atoms with E-state index in [0.29, 0.717) is 0 Å². The zero-order chi connectivity index (χ0) is 43.8. The van der Waals surface area contributed by atoms with Crippen molar-refractivity contribution in [1.82, 2.24) is 0 Å². The topological polar surface area (TPSA) is 3.24 Å². The fourth-order valence-corrected chi connectivity index (χ4v) is 16.7. The van der Waals surface area contributed by atoms with Crippen LogP contribution in [0.1, 0.15) is 88.6 Å². The highest BCUT2D eigenvalue weighted by molar-refractivity contribution is 7.19. The van der Waals surface area contributed by atoms with Crippen LogP contribution in [0.15, 0.2) is 211 Å². The molecular weight excluding hydrogens is 815 g/mol. The molecule has 0 saturated heterocycles. The molecule has 2 heteroatoms. The third kappa shape index (κ3) is 4.09. The number of hydrogen-bond acceptors (Lipinski definition) is 2. The van der Waals surface area contributed by atoms with Crippen LogP contribution in [0.3, 0.4) is 0 Å². The Hall–Kier alpha value is -7.00. The fourth-order valence-electron chi connectivity index (χ4n) is 15.2. The van der Waals surface area contributed by atoms with Crippen molar-refractivity contribution < 1.29 is 0 Å². The molecular formula is C64H47NS. The maximum absolute atomic E-state index is 2.82. The predicted molar refractivity (Wildman–Crippen MR) is 274 cm³/mol. The molecule has 4 bridgehead atoms. The van der Waals surface area contributed by atoms with E-state index in [1.807, 2.05) is 11.3 Å². The number of nitrogens with zero attached hydrogens (tertiary/aromatic N) is 1. The highest BCUT2D eigenvalue weighted by Crippen LogP contribution is 2.72. The van der Waals surface area contributed by atoms with Gasteiger partial charge in [-0.2, -0.15) is 0 Å². The molecule has 0 N–H and O–H groups in total. The maximum atomic E-state index is 2.82. The molecule has 1 nitrogen and oxygen atoms in total. The summed E-state index contributed by atoms with van der Waals surface area (Å²) in [5.74, 6) is 0.636. The first-order valence-corrected chi connectivity index (χ1v) is 24.7. The van der Waals surface area contributed by atoms with E-state index in [9.17, 15) is 0 Å². The van der Waals surface area contributed by atoms with Crippen LogP contribution >= 0.6 is 11.3 Å². The summed E-state index contributed by atoms with van der Waals surface area (Å²) in [6.45, 7) is 10.3. The lowest BCUT2D eigenvalue weighted by molar-refractivity contribution is 0.454. The Labute approximate surface area is 391 Å². The second-order valence-electron chi connectivity index (χ2n) is 19.9. The van der Waals surface area contributed by atoms with E-state index in [0.717, 1.165) is 0 Å². The second kappa shape index (κ2) is 12.7. The van der Waals surface area contributed by atoms with Crippen molar-refractivity contribution >= 4 is 38.4 Å². The highest BCUT2D eigenvalue weighted by Gasteiger charge is 2.62. The Kier molecular flexibility index (Phi) is 7.14. The van der Waals surface area contributed by atoms with E-state index < -0.39 is 16.4 Å². The number of fused-ring (bicyclic) bond motifs is 12. The third-order valence-corrected chi connectivity index (χ3v) is 18.7. The summed E-state index contributed by atoms with van der Waals surface area (Å²) in [6.07, 6.45) is 0. The summed E-state index contributed by atoms with van der Waals surface area (Å²) in [7, 11) is 0. The van der Waals surface area contributed by atoms with E-state index >= 15 is 0 Å². The molecule has 66 heavy (non-hydrogen) atoms. The molecule has 5 aliphatic carbocycles. The van der Waals surface area contributed by atoms with E-state index in [-0.39, 0.29) is 17.8 Å². The SMILES string of the molecule is CC1C2=C3C(C)C4=C1C(C)c1c(sc5ccccc15)C4(C)N(c1ccc4c(c1)C(c1ccccc1)(c1ccccc1)c1ccccc1-4)c1ccc4c(c1)C3(c1ccccc12)c1ccccc1-4. The van der Waals surface area contributed by atoms with Crippen LogP contribution in [0.5, 0.6) is 0 Å². The molecule has 15 rings (SSSR count). The average molecular weight is 862 g/mol. The minimum atomic E-state index is -0.530. The molecule has 0 fully saturated rings. The number of benzene rings is 8. The summed E-state index contributed by atoms with van der Waals surface area (Å²) >= 11 is 2.03. The summed E-state index contributed by atoms with van der Waals surface area (Å²) in [6, 6.07) is 75.0. The van der Waals surface area contributed by atoms with Gasteiger partial charge in [-0.3, -0.25) is 0 Å². The monoisotopic (exact) mass is 861 g/mol. The van der Waals surface area contributed by atoms with Gasteiger partial charge >= 0.3 is 0 Å². The lowest BCUT2D eigenvalue weighted by Crippen LogP contribution is -2.49. The van der Waals surface area contributed by atoms with Crippen LogP contribution < -0.4 is 4.90 Å². The molecule has 2 heterocycles. The van der Waals surface area contributed by atoms with Gasteiger partial charge in [0.1, 0.15) is 0 Å². The third-order valence-electron chi connectivity index (χ3n) is 17.3. The van der Waals surface area contributed by atoms with Gasteiger partial charge in [-0.25, -0.2) is 0 Å². The van der Waals surface area contributed by atoms with Gasteiger partial charge in [-0.05, 0) is 132 Å². The number of hydrogen-bond donors (Lipinski definition) is 0. The van der Waals surface area contributed by atoms with Crippen molar-refractivity contribution in [3.63, 3.8) is 0 Å². The molecule has 0 amide bonds. The molecule has 314 valence electrons. The van der Waals surface area contributed by atoms with Crippen LogP contribution in [0.25, 0.3) is 37.9 Å². The van der Waals surface area contributed by atoms with Gasteiger partial charge in [-0.15, -0.1) is 11.3 Å². The van der Waals surface area contributed by atoms with Gasteiger partial charge in [0.2, 0.25) is 0 Å². The number of anilines is 2. The predicted octanol–water partition coefficient (Wildman–Crippen LogP) is 16.1. The fraction of sp³-hybridized carbons (Fsp3) is 0.156. The molecule has 5 unspecified atom stereocenters. The van der Waals surface area contributed by atoms with Crippen molar-refractivity contribution in [2.45, 2.75) is 50.0 Å². The van der Waals surface area contributed by atoms with Crippen molar-refractivity contribution in [3.8, 4) is 22.3 Å². The minimum absolute atomic E-state index is 0.159. The largest absolute Gasteiger partial charge is 0.327 e. The minimum Gasteiger partial charge on any atom is -0.327 e. The van der Waals surface area contributed by atoms with E-state index in [2.05, 4.69) is 227 Å². The van der Waals surface area contributed by atoms with Crippen LogP contribution in [0, 0.1) is 11.8 Å². The summed E-state index contributed by atoms with van der Waals surface area (Å²) in [5, 5.41) is 1.40. The first-order chi connectivity index (χ1) is 32.4. The van der Waals surface area contributed by atoms with Crippen LogP contribution in [-0.4, -0.2) is 0 Å². The van der Waals surface area contributed by atoms with E-state index in [4.69, 9.17) is 0 Å². The first kappa shape index (κ1) is 37.2. The standard InChI is InChI=1S/C64H47NS/c1-37-56-38(2)58-49-26-14-18-30-55(49)66-61(58)62(4)59(56)39(3)60-57(37)48-25-13-17-29-52(48)64(60)51-28-16-12-24-45(51)47-34-32-43(36-54(47)64)65(62)42-31-33-46-44-23-11-15-27-50(44)63(53(46)35-42,40-19-7-5-8-20-40)41-21-9-6-10-22-41/h5-39H,1-4H3. The van der Waals surface area contributed by atoms with Gasteiger partial charge in [0, 0.05) is 38.7 Å². The van der Waals surface area contributed by atoms with Gasteiger partial charge in [0.25, 0.3) is 0 Å². The Bertz CT molecular complexity index is 3640. The zero-order valence-electron chi connectivity index (χ0n) is 37.6. The van der Waals surface area contributed by atoms with Gasteiger partial charge in [0.15, 0.2) is 0 Å². The number of allylic oxidation sites excluding steroid dienone is 3. The first-order valence-electron chi connectivity index (χ1n) is 23.9. The zero-order valence-corrected chi connectivity index (χ0v) is 38.4.